The van der Waals surface area contributed by atoms with Gasteiger partial charge in [-0.15, -0.1) is 10.2 Å². The standard InChI is InChI=1S/C29H29F2N5O2S/c1-29(2,3)32-27(38)25(19-10-12-21(30)13-11-19)36(23-16-14-22(31)15-17-23)24(37)18-39-28-34-33-26(35(28)4)20-8-6-5-7-9-20/h5-17,25H,18H2,1-4H3,(H,32,38)/t25-/m1/s1. The van der Waals surface area contributed by atoms with Gasteiger partial charge in [0.15, 0.2) is 11.0 Å². The second kappa shape index (κ2) is 11.8. The highest BCUT2D eigenvalue weighted by Gasteiger charge is 2.34. The topological polar surface area (TPSA) is 80.1 Å². The van der Waals surface area contributed by atoms with Crippen molar-refractivity contribution in [2.75, 3.05) is 10.7 Å². The van der Waals surface area contributed by atoms with E-state index in [1.54, 1.807) is 4.57 Å². The van der Waals surface area contributed by atoms with Crippen molar-refractivity contribution in [3.8, 4) is 11.4 Å². The van der Waals surface area contributed by atoms with Crippen LogP contribution in [0.15, 0.2) is 84.0 Å². The highest BCUT2D eigenvalue weighted by molar-refractivity contribution is 7.99. The largest absolute Gasteiger partial charge is 0.349 e. The van der Waals surface area contributed by atoms with E-state index in [4.69, 9.17) is 0 Å². The quantitative estimate of drug-likeness (QED) is 0.292. The van der Waals surface area contributed by atoms with Crippen LogP contribution in [0.1, 0.15) is 32.4 Å². The summed E-state index contributed by atoms with van der Waals surface area (Å²) in [5, 5.41) is 11.9. The summed E-state index contributed by atoms with van der Waals surface area (Å²) in [6, 6.07) is 19.1. The van der Waals surface area contributed by atoms with Crippen LogP contribution in [0.4, 0.5) is 14.5 Å². The highest BCUT2D eigenvalue weighted by atomic mass is 32.2. The number of nitrogens with one attached hydrogen (secondary N) is 1. The minimum Gasteiger partial charge on any atom is -0.349 e. The Labute approximate surface area is 230 Å². The van der Waals surface area contributed by atoms with Crippen LogP contribution in [0.5, 0.6) is 0 Å². The monoisotopic (exact) mass is 549 g/mol. The van der Waals surface area contributed by atoms with E-state index >= 15 is 0 Å². The molecule has 1 aromatic heterocycles. The van der Waals surface area contributed by atoms with Crippen LogP contribution in [0.2, 0.25) is 0 Å². The molecular formula is C29H29F2N5O2S. The molecule has 0 spiro atoms. The van der Waals surface area contributed by atoms with Crippen LogP contribution < -0.4 is 10.2 Å². The van der Waals surface area contributed by atoms with Gasteiger partial charge in [0.1, 0.15) is 17.7 Å². The highest BCUT2D eigenvalue weighted by Crippen LogP contribution is 2.31. The first-order valence-corrected chi connectivity index (χ1v) is 13.2. The Morgan fingerprint density at radius 3 is 2.10 bits per heavy atom. The first-order chi connectivity index (χ1) is 18.5. The lowest BCUT2D eigenvalue weighted by Crippen LogP contribution is -2.50. The minimum atomic E-state index is -1.14. The Morgan fingerprint density at radius 1 is 0.923 bits per heavy atom. The van der Waals surface area contributed by atoms with Crippen molar-refractivity contribution in [1.82, 2.24) is 20.1 Å². The van der Waals surface area contributed by atoms with Gasteiger partial charge in [-0.1, -0.05) is 54.2 Å². The molecule has 1 heterocycles. The number of amides is 2. The molecule has 0 unspecified atom stereocenters. The molecule has 4 aromatic rings. The number of nitrogens with zero attached hydrogens (tertiary/aromatic N) is 4. The third kappa shape index (κ3) is 6.88. The second-order valence-electron chi connectivity index (χ2n) is 9.95. The normalized spacial score (nSPS) is 12.2. The van der Waals surface area contributed by atoms with E-state index in [-0.39, 0.29) is 5.75 Å². The molecule has 0 aliphatic rings. The second-order valence-corrected chi connectivity index (χ2v) is 10.9. The smallest absolute Gasteiger partial charge is 0.248 e. The predicted octanol–water partition coefficient (Wildman–Crippen LogP) is 5.54. The molecule has 1 N–H and O–H groups in total. The molecule has 0 saturated carbocycles. The number of hydrogen-bond donors (Lipinski definition) is 1. The number of benzene rings is 3. The van der Waals surface area contributed by atoms with E-state index < -0.39 is 35.0 Å². The number of aromatic nitrogens is 3. The summed E-state index contributed by atoms with van der Waals surface area (Å²) in [6.07, 6.45) is 0. The van der Waals surface area contributed by atoms with Crippen LogP contribution in [-0.2, 0) is 16.6 Å². The summed E-state index contributed by atoms with van der Waals surface area (Å²) in [5.74, 6) is -1.27. The molecule has 202 valence electrons. The van der Waals surface area contributed by atoms with Crippen molar-refractivity contribution >= 4 is 29.3 Å². The van der Waals surface area contributed by atoms with Gasteiger partial charge in [0.2, 0.25) is 11.8 Å². The van der Waals surface area contributed by atoms with Crippen molar-refractivity contribution in [2.45, 2.75) is 37.5 Å². The average molecular weight is 550 g/mol. The fourth-order valence-corrected chi connectivity index (χ4v) is 4.78. The molecule has 0 aliphatic carbocycles. The number of rotatable bonds is 8. The third-order valence-corrected chi connectivity index (χ3v) is 6.76. The third-order valence-electron chi connectivity index (χ3n) is 5.76. The van der Waals surface area contributed by atoms with Crippen LogP contribution in [-0.4, -0.2) is 37.9 Å². The predicted molar refractivity (Wildman–Crippen MR) is 148 cm³/mol. The molecule has 0 bridgehead atoms. The van der Waals surface area contributed by atoms with E-state index in [0.29, 0.717) is 22.2 Å². The van der Waals surface area contributed by atoms with Crippen molar-refractivity contribution in [2.24, 2.45) is 7.05 Å². The maximum absolute atomic E-state index is 13.8. The number of carbonyl (C=O) groups excluding carboxylic acids is 2. The van der Waals surface area contributed by atoms with E-state index in [1.807, 2.05) is 58.2 Å². The lowest BCUT2D eigenvalue weighted by atomic mass is 10.0. The number of hydrogen-bond acceptors (Lipinski definition) is 5. The first kappa shape index (κ1) is 28.0. The number of halogens is 2. The zero-order valence-corrected chi connectivity index (χ0v) is 22.9. The first-order valence-electron chi connectivity index (χ1n) is 12.3. The molecule has 1 atom stereocenters. The zero-order chi connectivity index (χ0) is 28.2. The Bertz CT molecular complexity index is 1440. The van der Waals surface area contributed by atoms with Gasteiger partial charge in [-0.05, 0) is 62.7 Å². The van der Waals surface area contributed by atoms with Gasteiger partial charge in [-0.3, -0.25) is 14.5 Å². The summed E-state index contributed by atoms with van der Waals surface area (Å²) in [5.41, 5.74) is 1.01. The van der Waals surface area contributed by atoms with Gasteiger partial charge >= 0.3 is 0 Å². The van der Waals surface area contributed by atoms with Crippen molar-refractivity contribution in [3.63, 3.8) is 0 Å². The minimum absolute atomic E-state index is 0.0847. The lowest BCUT2D eigenvalue weighted by molar-refractivity contribution is -0.127. The summed E-state index contributed by atoms with van der Waals surface area (Å²) in [6.45, 7) is 5.47. The Morgan fingerprint density at radius 2 is 1.51 bits per heavy atom. The summed E-state index contributed by atoms with van der Waals surface area (Å²) < 4.78 is 29.4. The molecule has 4 rings (SSSR count). The Hall–Kier alpha value is -4.05. The van der Waals surface area contributed by atoms with Crippen molar-refractivity contribution in [3.05, 3.63) is 96.1 Å². The fourth-order valence-electron chi connectivity index (χ4n) is 4.01. The van der Waals surface area contributed by atoms with E-state index in [9.17, 15) is 18.4 Å². The maximum Gasteiger partial charge on any atom is 0.248 e. The average Bonchev–Trinajstić information content (AvgIpc) is 3.26. The lowest BCUT2D eigenvalue weighted by Gasteiger charge is -2.33. The number of thioether (sulfide) groups is 1. The van der Waals surface area contributed by atoms with E-state index in [0.717, 1.165) is 5.56 Å². The van der Waals surface area contributed by atoms with E-state index in [2.05, 4.69) is 15.5 Å². The Kier molecular flexibility index (Phi) is 8.44. The van der Waals surface area contributed by atoms with E-state index in [1.165, 1.54) is 65.2 Å². The van der Waals surface area contributed by atoms with Gasteiger partial charge < -0.3 is 9.88 Å². The molecule has 0 fully saturated rings. The Balaban J connectivity index is 1.69. The SMILES string of the molecule is Cn1c(SCC(=O)N(c2ccc(F)cc2)[C@@H](C(=O)NC(C)(C)C)c2ccc(F)cc2)nnc1-c1ccccc1. The maximum atomic E-state index is 13.8. The van der Waals surface area contributed by atoms with Gasteiger partial charge in [0.25, 0.3) is 0 Å². The molecular weight excluding hydrogens is 520 g/mol. The zero-order valence-electron chi connectivity index (χ0n) is 22.1. The molecule has 2 amide bonds. The summed E-state index contributed by atoms with van der Waals surface area (Å²) in [4.78, 5) is 28.8. The van der Waals surface area contributed by atoms with Gasteiger partial charge in [-0.25, -0.2) is 8.78 Å². The molecule has 7 nitrogen and oxygen atoms in total. The van der Waals surface area contributed by atoms with Crippen LogP contribution >= 0.6 is 11.8 Å². The molecule has 3 aromatic carbocycles. The molecule has 0 radical (unpaired) electrons. The molecule has 0 aliphatic heterocycles. The van der Waals surface area contributed by atoms with Gasteiger partial charge in [0, 0.05) is 23.8 Å². The molecule has 0 saturated heterocycles. The van der Waals surface area contributed by atoms with Gasteiger partial charge in [-0.2, -0.15) is 0 Å². The molecule has 10 heteroatoms. The van der Waals surface area contributed by atoms with Crippen molar-refractivity contribution < 1.29 is 18.4 Å². The van der Waals surface area contributed by atoms with Crippen LogP contribution in [0, 0.1) is 11.6 Å². The number of carbonyl (C=O) groups is 2. The summed E-state index contributed by atoms with van der Waals surface area (Å²) in [7, 11) is 1.81. The van der Waals surface area contributed by atoms with Crippen molar-refractivity contribution in [1.29, 1.82) is 0 Å². The number of anilines is 1. The van der Waals surface area contributed by atoms with Gasteiger partial charge in [0.05, 0.1) is 5.75 Å². The van der Waals surface area contributed by atoms with Crippen LogP contribution in [0.25, 0.3) is 11.4 Å². The molecule has 39 heavy (non-hydrogen) atoms. The van der Waals surface area contributed by atoms with Crippen LogP contribution in [0.3, 0.4) is 0 Å². The fraction of sp³-hybridized carbons (Fsp3) is 0.241. The summed E-state index contributed by atoms with van der Waals surface area (Å²) >= 11 is 1.17.